The second-order valence-corrected chi connectivity index (χ2v) is 5.44. The summed E-state index contributed by atoms with van der Waals surface area (Å²) in [5.74, 6) is -0.376. The second-order valence-electron chi connectivity index (χ2n) is 3.53. The molecule has 5 heteroatoms. The highest BCUT2D eigenvalue weighted by molar-refractivity contribution is 7.88. The van der Waals surface area contributed by atoms with Crippen LogP contribution in [0.1, 0.15) is 12.8 Å². The zero-order chi connectivity index (χ0) is 10.3. The first kappa shape index (κ1) is 9.45. The van der Waals surface area contributed by atoms with E-state index in [9.17, 15) is 13.2 Å². The molecule has 0 unspecified atom stereocenters. The molecule has 1 heterocycles. The van der Waals surface area contributed by atoms with Gasteiger partial charge in [0, 0.05) is 5.57 Å². The highest BCUT2D eigenvalue weighted by atomic mass is 32.2. The Hall–Kier alpha value is -1.10. The normalized spacial score (nSPS) is 21.8. The smallest absolute Gasteiger partial charge is 0.267 e. The molecule has 0 radical (unpaired) electrons. The Morgan fingerprint density at radius 2 is 2.14 bits per heavy atom. The van der Waals surface area contributed by atoms with E-state index in [-0.39, 0.29) is 12.5 Å². The molecule has 14 heavy (non-hydrogen) atoms. The standard InChI is InChI=1S/C9H11NO3S/c1-14(12,13)10-6-7-4-2-3-5-8(7)9(10)11/h3,5H,2,4,6H2,1H3. The van der Waals surface area contributed by atoms with Gasteiger partial charge in [-0.25, -0.2) is 12.7 Å². The maximum absolute atomic E-state index is 11.6. The van der Waals surface area contributed by atoms with E-state index in [0.29, 0.717) is 5.57 Å². The number of hydrogen-bond donors (Lipinski definition) is 0. The van der Waals surface area contributed by atoms with Crippen molar-refractivity contribution in [1.29, 1.82) is 0 Å². The Labute approximate surface area is 83.0 Å². The van der Waals surface area contributed by atoms with Gasteiger partial charge in [-0.15, -0.1) is 0 Å². The van der Waals surface area contributed by atoms with E-state index in [4.69, 9.17) is 0 Å². The van der Waals surface area contributed by atoms with Crippen molar-refractivity contribution in [3.8, 4) is 0 Å². The summed E-state index contributed by atoms with van der Waals surface area (Å²) in [6.07, 6.45) is 6.38. The molecule has 2 aliphatic rings. The Morgan fingerprint density at radius 3 is 2.71 bits per heavy atom. The Balaban J connectivity index is 2.36. The molecule has 0 aromatic heterocycles. The number of amides is 1. The average molecular weight is 213 g/mol. The maximum Gasteiger partial charge on any atom is 0.267 e. The fourth-order valence-electron chi connectivity index (χ4n) is 1.75. The quantitative estimate of drug-likeness (QED) is 0.635. The molecule has 0 N–H and O–H groups in total. The lowest BCUT2D eigenvalue weighted by Gasteiger charge is -2.12. The van der Waals surface area contributed by atoms with Gasteiger partial charge in [-0.1, -0.05) is 12.2 Å². The van der Waals surface area contributed by atoms with Crippen LogP contribution < -0.4 is 0 Å². The second kappa shape index (κ2) is 2.95. The molecule has 4 nitrogen and oxygen atoms in total. The highest BCUT2D eigenvalue weighted by Crippen LogP contribution is 2.28. The van der Waals surface area contributed by atoms with E-state index < -0.39 is 10.0 Å². The number of nitrogens with zero attached hydrogens (tertiary/aromatic N) is 1. The zero-order valence-electron chi connectivity index (χ0n) is 7.86. The lowest BCUT2D eigenvalue weighted by atomic mass is 10.0. The van der Waals surface area contributed by atoms with Crippen LogP contribution in [0, 0.1) is 0 Å². The van der Waals surface area contributed by atoms with Gasteiger partial charge in [0.1, 0.15) is 0 Å². The molecule has 0 aromatic carbocycles. The minimum absolute atomic E-state index is 0.247. The van der Waals surface area contributed by atoms with Crippen LogP contribution in [0.15, 0.2) is 23.3 Å². The summed E-state index contributed by atoms with van der Waals surface area (Å²) in [4.78, 5) is 11.6. The van der Waals surface area contributed by atoms with E-state index in [1.807, 2.05) is 6.08 Å². The minimum Gasteiger partial charge on any atom is -0.268 e. The topological polar surface area (TPSA) is 54.5 Å². The lowest BCUT2D eigenvalue weighted by Crippen LogP contribution is -2.32. The van der Waals surface area contributed by atoms with Crippen molar-refractivity contribution in [1.82, 2.24) is 4.31 Å². The summed E-state index contributed by atoms with van der Waals surface area (Å²) in [5, 5.41) is 0. The number of hydrogen-bond acceptors (Lipinski definition) is 3. The Bertz CT molecular complexity index is 445. The van der Waals surface area contributed by atoms with Crippen LogP contribution in [0.4, 0.5) is 0 Å². The molecule has 1 amide bonds. The van der Waals surface area contributed by atoms with Crippen LogP contribution in [-0.2, 0) is 14.8 Å². The molecule has 0 bridgehead atoms. The van der Waals surface area contributed by atoms with E-state index in [1.165, 1.54) is 0 Å². The third-order valence-corrected chi connectivity index (χ3v) is 3.57. The van der Waals surface area contributed by atoms with Crippen molar-refractivity contribution in [3.05, 3.63) is 23.3 Å². The SMILES string of the molecule is CS(=O)(=O)N1CC2=C(C=CCC2)C1=O. The molecule has 0 saturated carbocycles. The molecule has 76 valence electrons. The van der Waals surface area contributed by atoms with Gasteiger partial charge in [0.2, 0.25) is 10.0 Å². The number of carbonyl (C=O) groups excluding carboxylic acids is 1. The Kier molecular flexibility index (Phi) is 1.99. The van der Waals surface area contributed by atoms with Gasteiger partial charge in [0.25, 0.3) is 5.91 Å². The zero-order valence-corrected chi connectivity index (χ0v) is 8.67. The van der Waals surface area contributed by atoms with Crippen molar-refractivity contribution in [2.24, 2.45) is 0 Å². The summed E-state index contributed by atoms with van der Waals surface area (Å²) in [6.45, 7) is 0.247. The third-order valence-electron chi connectivity index (χ3n) is 2.47. The molecule has 0 saturated heterocycles. The number of sulfonamides is 1. The van der Waals surface area contributed by atoms with Crippen molar-refractivity contribution < 1.29 is 13.2 Å². The molecule has 1 aliphatic carbocycles. The van der Waals surface area contributed by atoms with Crippen molar-refractivity contribution in [2.45, 2.75) is 12.8 Å². The van der Waals surface area contributed by atoms with Crippen molar-refractivity contribution in [2.75, 3.05) is 12.8 Å². The molecule has 0 atom stereocenters. The van der Waals surface area contributed by atoms with Crippen LogP contribution in [0.25, 0.3) is 0 Å². The van der Waals surface area contributed by atoms with Gasteiger partial charge in [-0.05, 0) is 18.4 Å². The van der Waals surface area contributed by atoms with Crippen LogP contribution >= 0.6 is 0 Å². The molecule has 0 fully saturated rings. The van der Waals surface area contributed by atoms with Crippen LogP contribution in [0.3, 0.4) is 0 Å². The van der Waals surface area contributed by atoms with Gasteiger partial charge in [-0.3, -0.25) is 4.79 Å². The van der Waals surface area contributed by atoms with E-state index in [2.05, 4.69) is 0 Å². The molecule has 0 spiro atoms. The molecule has 0 aromatic rings. The maximum atomic E-state index is 11.6. The van der Waals surface area contributed by atoms with Gasteiger partial charge in [-0.2, -0.15) is 0 Å². The first-order valence-corrected chi connectivity index (χ1v) is 6.25. The molecular formula is C9H11NO3S. The predicted octanol–water partition coefficient (Wildman–Crippen LogP) is 0.435. The van der Waals surface area contributed by atoms with Crippen molar-refractivity contribution >= 4 is 15.9 Å². The van der Waals surface area contributed by atoms with Crippen LogP contribution in [-0.4, -0.2) is 31.4 Å². The third kappa shape index (κ3) is 1.37. The fourth-order valence-corrected chi connectivity index (χ4v) is 2.54. The largest absolute Gasteiger partial charge is 0.268 e. The number of allylic oxidation sites excluding steroid dienone is 1. The van der Waals surface area contributed by atoms with Crippen LogP contribution in [0.5, 0.6) is 0 Å². The van der Waals surface area contributed by atoms with Gasteiger partial charge >= 0.3 is 0 Å². The summed E-state index contributed by atoms with van der Waals surface area (Å²) < 4.78 is 23.4. The van der Waals surface area contributed by atoms with Crippen molar-refractivity contribution in [3.63, 3.8) is 0 Å². The minimum atomic E-state index is -3.40. The van der Waals surface area contributed by atoms with E-state index in [1.54, 1.807) is 6.08 Å². The summed E-state index contributed by atoms with van der Waals surface area (Å²) in [5.41, 5.74) is 1.52. The van der Waals surface area contributed by atoms with Gasteiger partial charge in [0.05, 0.1) is 12.8 Å². The fraction of sp³-hybridized carbons (Fsp3) is 0.444. The first-order chi connectivity index (χ1) is 6.50. The molecule has 1 aliphatic heterocycles. The first-order valence-electron chi connectivity index (χ1n) is 4.41. The average Bonchev–Trinajstić information content (AvgIpc) is 2.44. The summed E-state index contributed by atoms with van der Waals surface area (Å²) >= 11 is 0. The number of carbonyl (C=O) groups is 1. The summed E-state index contributed by atoms with van der Waals surface area (Å²) in [6, 6.07) is 0. The van der Waals surface area contributed by atoms with Crippen LogP contribution in [0.2, 0.25) is 0 Å². The summed E-state index contributed by atoms with van der Waals surface area (Å²) in [7, 11) is -3.40. The van der Waals surface area contributed by atoms with Gasteiger partial charge in [0.15, 0.2) is 0 Å². The molecular weight excluding hydrogens is 202 g/mol. The molecule has 2 rings (SSSR count). The highest BCUT2D eigenvalue weighted by Gasteiger charge is 2.34. The number of rotatable bonds is 1. The van der Waals surface area contributed by atoms with E-state index in [0.717, 1.165) is 29.0 Å². The van der Waals surface area contributed by atoms with E-state index >= 15 is 0 Å². The van der Waals surface area contributed by atoms with Gasteiger partial charge < -0.3 is 0 Å². The monoisotopic (exact) mass is 213 g/mol. The lowest BCUT2D eigenvalue weighted by molar-refractivity contribution is -0.121. The predicted molar refractivity (Wildman–Crippen MR) is 52.0 cm³/mol. The Morgan fingerprint density at radius 1 is 1.43 bits per heavy atom.